The van der Waals surface area contributed by atoms with Crippen molar-refractivity contribution in [3.05, 3.63) is 88.2 Å². The van der Waals surface area contributed by atoms with Gasteiger partial charge in [0.05, 0.1) is 36.3 Å². The molecule has 0 saturated carbocycles. The summed E-state index contributed by atoms with van der Waals surface area (Å²) < 4.78 is 74.7. The number of carbonyl (C=O) groups excluding carboxylic acids is 3. The van der Waals surface area contributed by atoms with Crippen LogP contribution in [0.4, 0.5) is 21.0 Å². The van der Waals surface area contributed by atoms with E-state index in [-0.39, 0.29) is 57.4 Å². The number of methoxy groups -OCH3 is 1. The number of rotatable bonds is 9. The van der Waals surface area contributed by atoms with Crippen molar-refractivity contribution < 1.29 is 45.4 Å². The molecule has 17 nitrogen and oxygen atoms in total. The van der Waals surface area contributed by atoms with Crippen molar-refractivity contribution in [3.63, 3.8) is 0 Å². The number of carbonyl (C=O) groups is 3. The Balaban J connectivity index is 0.000000287. The highest BCUT2D eigenvalue weighted by Crippen LogP contribution is 2.28. The minimum Gasteiger partial charge on any atom is -0.465 e. The summed E-state index contributed by atoms with van der Waals surface area (Å²) in [6.07, 6.45) is 0.430. The van der Waals surface area contributed by atoms with E-state index in [1.54, 1.807) is 115 Å². The summed E-state index contributed by atoms with van der Waals surface area (Å²) in [5.41, 5.74) is 0.198. The Morgan fingerprint density at radius 1 is 0.770 bits per heavy atom. The van der Waals surface area contributed by atoms with Gasteiger partial charge in [-0.3, -0.25) is 14.0 Å². The first-order valence-electron chi connectivity index (χ1n) is 19.4. The summed E-state index contributed by atoms with van der Waals surface area (Å²) in [5, 5.41) is 0.827. The molecule has 2 amide bonds. The number of aromatic nitrogens is 1. The molecule has 0 unspecified atom stereocenters. The van der Waals surface area contributed by atoms with E-state index in [9.17, 15) is 31.2 Å². The lowest BCUT2D eigenvalue weighted by atomic mass is 10.2. The molecule has 2 aliphatic rings. The van der Waals surface area contributed by atoms with Crippen LogP contribution in [0.1, 0.15) is 71.4 Å². The van der Waals surface area contributed by atoms with Gasteiger partial charge in [-0.25, -0.2) is 14.4 Å². The Bertz CT molecular complexity index is 2240. The van der Waals surface area contributed by atoms with Gasteiger partial charge in [0.15, 0.2) is 0 Å². The quantitative estimate of drug-likeness (QED) is 0.179. The lowest BCUT2D eigenvalue weighted by Crippen LogP contribution is -2.58. The van der Waals surface area contributed by atoms with Crippen LogP contribution in [0.15, 0.2) is 66.9 Å². The Morgan fingerprint density at radius 2 is 1.30 bits per heavy atom. The molecule has 0 aliphatic carbocycles. The predicted octanol–water partition coefficient (Wildman–Crippen LogP) is 6.65. The van der Waals surface area contributed by atoms with Crippen molar-refractivity contribution in [1.82, 2.24) is 23.4 Å². The zero-order valence-electron chi connectivity index (χ0n) is 35.8. The van der Waals surface area contributed by atoms with Gasteiger partial charge in [0.2, 0.25) is 0 Å². The van der Waals surface area contributed by atoms with Crippen LogP contribution in [0.2, 0.25) is 10.0 Å². The van der Waals surface area contributed by atoms with Crippen LogP contribution >= 0.6 is 23.2 Å². The van der Waals surface area contributed by atoms with E-state index in [4.69, 9.17) is 37.4 Å². The third-order valence-electron chi connectivity index (χ3n) is 9.10. The van der Waals surface area contributed by atoms with E-state index in [2.05, 4.69) is 9.71 Å². The highest BCUT2D eigenvalue weighted by Gasteiger charge is 2.39. The van der Waals surface area contributed by atoms with Gasteiger partial charge in [0, 0.05) is 67.6 Å². The van der Waals surface area contributed by atoms with E-state index in [1.165, 1.54) is 37.2 Å². The highest BCUT2D eigenvalue weighted by atomic mass is 35.5. The van der Waals surface area contributed by atoms with Crippen molar-refractivity contribution in [3.8, 4) is 0 Å². The van der Waals surface area contributed by atoms with Crippen molar-refractivity contribution in [2.75, 3.05) is 55.4 Å². The van der Waals surface area contributed by atoms with E-state index >= 15 is 0 Å². The summed E-state index contributed by atoms with van der Waals surface area (Å²) >= 11 is 12.1. The van der Waals surface area contributed by atoms with Gasteiger partial charge in [0.25, 0.3) is 0 Å². The second-order valence-corrected chi connectivity index (χ2v) is 20.8. The Kier molecular flexibility index (Phi) is 16.3. The van der Waals surface area contributed by atoms with Crippen LogP contribution in [0.3, 0.4) is 0 Å². The van der Waals surface area contributed by atoms with Crippen LogP contribution in [0.25, 0.3) is 0 Å². The summed E-state index contributed by atoms with van der Waals surface area (Å²) in [5.74, 6) is -0.537. The largest absolute Gasteiger partial charge is 0.465 e. The molecular formula is C40H55Cl2N7O10S2. The van der Waals surface area contributed by atoms with Crippen LogP contribution in [-0.4, -0.2) is 128 Å². The number of benzene rings is 2. The maximum Gasteiger partial charge on any atom is 0.410 e. The minimum absolute atomic E-state index is 0.0906. The number of piperazine rings is 2. The lowest BCUT2D eigenvalue weighted by Gasteiger charge is -2.41. The zero-order valence-corrected chi connectivity index (χ0v) is 38.9. The molecule has 0 bridgehead atoms. The Labute approximate surface area is 369 Å². The van der Waals surface area contributed by atoms with E-state index in [0.717, 1.165) is 0 Å². The second-order valence-electron chi connectivity index (χ2n) is 16.4. The maximum atomic E-state index is 13.8. The third kappa shape index (κ3) is 14.1. The third-order valence-corrected chi connectivity index (χ3v) is 13.0. The molecule has 21 heteroatoms. The van der Waals surface area contributed by atoms with E-state index in [0.29, 0.717) is 27.1 Å². The van der Waals surface area contributed by atoms with Gasteiger partial charge in [-0.15, -0.1) is 0 Å². The number of nitrogens with one attached hydrogen (secondary N) is 1. The van der Waals surface area contributed by atoms with Crippen LogP contribution in [0.5, 0.6) is 0 Å². The second kappa shape index (κ2) is 20.2. The van der Waals surface area contributed by atoms with Gasteiger partial charge in [0.1, 0.15) is 11.2 Å². The number of hydrogen-bond acceptors (Lipinski definition) is 11. The lowest BCUT2D eigenvalue weighted by molar-refractivity contribution is 0.00768. The standard InChI is InChI=1S/C24H31ClN4O6S.C16H24ClN3O4S/c1-17-15-27(11-12-28(17)23(31)35-24(2,3)4)36(32,33)29(21-8-6-7-19(25)13-21)16-20-10-9-18(14-26-20)22(30)34-5;1-12-11-19(8-9-20(12)15(21)24-16(2,3)4)25(22,23)18-14-7-5-6-13(17)10-14/h6-10,13-14,17H,11-12,15-16H2,1-5H3;5-7,10,12,18H,8-9,11H2,1-4H3/t17-;12-/m11/s1. The fourth-order valence-electron chi connectivity index (χ4n) is 6.21. The average Bonchev–Trinajstić information content (AvgIpc) is 3.15. The predicted molar refractivity (Wildman–Crippen MR) is 234 cm³/mol. The topological polar surface area (TPSA) is 188 Å². The van der Waals surface area contributed by atoms with Crippen LogP contribution < -0.4 is 9.03 Å². The van der Waals surface area contributed by atoms with Gasteiger partial charge < -0.3 is 24.0 Å². The smallest absolute Gasteiger partial charge is 0.410 e. The molecule has 336 valence electrons. The minimum atomic E-state index is -4.04. The number of anilines is 2. The fraction of sp³-hybridized carbons (Fsp3) is 0.500. The number of amides is 2. The number of pyridine rings is 1. The Hall–Kier alpha value is -4.40. The van der Waals surface area contributed by atoms with Gasteiger partial charge >= 0.3 is 38.6 Å². The zero-order chi connectivity index (χ0) is 45.5. The van der Waals surface area contributed by atoms with Gasteiger partial charge in [-0.1, -0.05) is 35.3 Å². The van der Waals surface area contributed by atoms with Gasteiger partial charge in [-0.05, 0) is 104 Å². The van der Waals surface area contributed by atoms with E-state index in [1.807, 2.05) is 0 Å². The molecule has 61 heavy (non-hydrogen) atoms. The number of nitrogens with zero attached hydrogens (tertiary/aromatic N) is 6. The monoisotopic (exact) mass is 927 g/mol. The number of hydrogen-bond donors (Lipinski definition) is 1. The van der Waals surface area contributed by atoms with Crippen molar-refractivity contribution in [2.24, 2.45) is 0 Å². The van der Waals surface area contributed by atoms with E-state index < -0.39 is 55.8 Å². The molecule has 3 heterocycles. The molecule has 1 aromatic heterocycles. The molecule has 0 spiro atoms. The Morgan fingerprint density at radius 3 is 1.77 bits per heavy atom. The van der Waals surface area contributed by atoms with Crippen molar-refractivity contribution in [1.29, 1.82) is 0 Å². The highest BCUT2D eigenvalue weighted by molar-refractivity contribution is 7.90. The first-order chi connectivity index (χ1) is 28.3. The van der Waals surface area contributed by atoms with Crippen LogP contribution in [0, 0.1) is 0 Å². The molecule has 2 atom stereocenters. The van der Waals surface area contributed by atoms with Crippen LogP contribution in [-0.2, 0) is 41.2 Å². The molecule has 3 aromatic rings. The molecule has 2 saturated heterocycles. The van der Waals surface area contributed by atoms with Crippen molar-refractivity contribution in [2.45, 2.75) is 85.2 Å². The normalized spacial score (nSPS) is 18.0. The molecule has 5 rings (SSSR count). The average molecular weight is 929 g/mol. The number of esters is 1. The number of ether oxygens (including phenoxy) is 3. The molecule has 2 aromatic carbocycles. The summed E-state index contributed by atoms with van der Waals surface area (Å²) in [4.78, 5) is 43.9. The molecule has 1 N–H and O–H groups in total. The SMILES string of the molecule is COC(=O)c1ccc(CN(c2cccc(Cl)c2)S(=O)(=O)N2CCN(C(=O)OC(C)(C)C)[C@H](C)C2)nc1.C[C@@H]1CN(S(=O)(=O)Nc2cccc(Cl)c2)CCN1C(=O)OC(C)(C)C. The van der Waals surface area contributed by atoms with Crippen molar-refractivity contribution >= 4 is 73.2 Å². The molecule has 2 aliphatic heterocycles. The molecule has 0 radical (unpaired) electrons. The maximum absolute atomic E-state index is 13.8. The summed E-state index contributed by atoms with van der Waals surface area (Å²) in [7, 11) is -6.50. The van der Waals surface area contributed by atoms with Gasteiger partial charge in [-0.2, -0.15) is 25.4 Å². The number of halogens is 2. The first-order valence-corrected chi connectivity index (χ1v) is 23.0. The summed E-state index contributed by atoms with van der Waals surface area (Å²) in [6.45, 7) is 15.2. The molecule has 2 fully saturated rings. The summed E-state index contributed by atoms with van der Waals surface area (Å²) in [6, 6.07) is 15.4. The first kappa shape index (κ1) is 49.3. The fourth-order valence-corrected chi connectivity index (χ4v) is 9.54. The molecular weight excluding hydrogens is 874 g/mol.